The second kappa shape index (κ2) is 7.91. The summed E-state index contributed by atoms with van der Waals surface area (Å²) in [4.78, 5) is 24.2. The molecule has 0 atom stereocenters. The maximum absolute atomic E-state index is 13.3. The van der Waals surface area contributed by atoms with Crippen molar-refractivity contribution in [3.05, 3.63) is 109 Å². The number of rotatable bonds is 5. The normalized spacial score (nSPS) is 11.0. The van der Waals surface area contributed by atoms with E-state index in [2.05, 4.69) is 17.1 Å². The smallest absolute Gasteiger partial charge is 0.278 e. The van der Waals surface area contributed by atoms with Crippen molar-refractivity contribution >= 4 is 17.1 Å². The molecule has 0 saturated carbocycles. The Bertz CT molecular complexity index is 1340. The lowest BCUT2D eigenvalue weighted by Crippen LogP contribution is -2.26. The van der Waals surface area contributed by atoms with Crippen molar-refractivity contribution in [3.8, 4) is 11.5 Å². The molecule has 0 radical (unpaired) electrons. The van der Waals surface area contributed by atoms with E-state index in [0.29, 0.717) is 11.5 Å². The number of nitrogens with zero attached hydrogens (tertiary/aromatic N) is 5. The summed E-state index contributed by atoms with van der Waals surface area (Å²) in [5.41, 5.74) is 3.89. The Morgan fingerprint density at radius 1 is 0.935 bits per heavy atom. The van der Waals surface area contributed by atoms with Crippen LogP contribution >= 0.6 is 0 Å². The van der Waals surface area contributed by atoms with E-state index < -0.39 is 0 Å². The number of hydrogen-bond donors (Lipinski definition) is 0. The van der Waals surface area contributed by atoms with Crippen molar-refractivity contribution in [1.29, 1.82) is 0 Å². The molecule has 0 unspecified atom stereocenters. The van der Waals surface area contributed by atoms with Crippen LogP contribution in [0, 0.1) is 0 Å². The number of amides is 1. The van der Waals surface area contributed by atoms with E-state index in [0.717, 1.165) is 23.4 Å². The average Bonchev–Trinajstić information content (AvgIpc) is 3.44. The second-order valence-corrected chi connectivity index (χ2v) is 7.36. The minimum absolute atomic E-state index is 0.162. The van der Waals surface area contributed by atoms with Crippen molar-refractivity contribution in [2.75, 3.05) is 11.9 Å². The van der Waals surface area contributed by atoms with Gasteiger partial charge >= 0.3 is 0 Å². The Hall–Kier alpha value is -4.19. The van der Waals surface area contributed by atoms with Crippen LogP contribution in [-0.2, 0) is 6.54 Å². The molecule has 0 saturated heterocycles. The number of fused-ring (bicyclic) bond motifs is 1. The van der Waals surface area contributed by atoms with Crippen molar-refractivity contribution in [2.45, 2.75) is 6.54 Å². The number of hydrogen-bond acceptors (Lipinski definition) is 3. The predicted molar refractivity (Wildman–Crippen MR) is 121 cm³/mol. The molecule has 2 aromatic carbocycles. The fourth-order valence-electron chi connectivity index (χ4n) is 3.66. The zero-order valence-electron chi connectivity index (χ0n) is 17.1. The molecule has 0 fully saturated rings. The number of benzene rings is 2. The summed E-state index contributed by atoms with van der Waals surface area (Å²) < 4.78 is 3.94. The van der Waals surface area contributed by atoms with Crippen LogP contribution in [-0.4, -0.2) is 31.9 Å². The third-order valence-electron chi connectivity index (χ3n) is 5.27. The number of imidazole rings is 2. The molecule has 3 aromatic heterocycles. The van der Waals surface area contributed by atoms with Crippen LogP contribution in [0.25, 0.3) is 17.0 Å². The van der Waals surface area contributed by atoms with E-state index in [9.17, 15) is 4.79 Å². The lowest BCUT2D eigenvalue weighted by atomic mass is 10.2. The largest absolute Gasteiger partial charge is 0.332 e. The molecule has 0 spiro atoms. The molecule has 5 aromatic rings. The Balaban J connectivity index is 1.52. The Morgan fingerprint density at radius 2 is 1.65 bits per heavy atom. The van der Waals surface area contributed by atoms with E-state index in [1.165, 1.54) is 5.56 Å². The zero-order chi connectivity index (χ0) is 21.2. The number of carbonyl (C=O) groups is 1. The van der Waals surface area contributed by atoms with Gasteiger partial charge in [0.2, 0.25) is 0 Å². The molecular weight excluding hydrogens is 386 g/mol. The molecule has 31 heavy (non-hydrogen) atoms. The lowest BCUT2D eigenvalue weighted by molar-refractivity contribution is 0.0990. The number of pyridine rings is 1. The van der Waals surface area contributed by atoms with Gasteiger partial charge < -0.3 is 9.47 Å². The van der Waals surface area contributed by atoms with Gasteiger partial charge in [-0.3, -0.25) is 9.20 Å². The summed E-state index contributed by atoms with van der Waals surface area (Å²) in [6.45, 7) is 0.722. The summed E-state index contributed by atoms with van der Waals surface area (Å²) in [6.07, 6.45) is 5.67. The lowest BCUT2D eigenvalue weighted by Gasteiger charge is -2.16. The monoisotopic (exact) mass is 407 g/mol. The Morgan fingerprint density at radius 3 is 2.42 bits per heavy atom. The maximum atomic E-state index is 13.3. The summed E-state index contributed by atoms with van der Waals surface area (Å²) in [6, 6.07) is 25.5. The fourth-order valence-corrected chi connectivity index (χ4v) is 3.66. The molecular formula is C25H21N5O. The summed E-state index contributed by atoms with van der Waals surface area (Å²) in [5, 5.41) is 0. The van der Waals surface area contributed by atoms with E-state index in [-0.39, 0.29) is 5.91 Å². The molecule has 0 aliphatic rings. The highest BCUT2D eigenvalue weighted by Crippen LogP contribution is 2.24. The first-order valence-electron chi connectivity index (χ1n) is 10.1. The second-order valence-electron chi connectivity index (χ2n) is 7.36. The third kappa shape index (κ3) is 3.59. The van der Waals surface area contributed by atoms with Crippen molar-refractivity contribution in [1.82, 2.24) is 18.9 Å². The molecule has 0 N–H and O–H groups in total. The van der Waals surface area contributed by atoms with Crippen LogP contribution < -0.4 is 4.90 Å². The minimum atomic E-state index is -0.162. The molecule has 6 nitrogen and oxygen atoms in total. The summed E-state index contributed by atoms with van der Waals surface area (Å²) in [5.74, 6) is 0.483. The average molecular weight is 407 g/mol. The molecule has 152 valence electrons. The van der Waals surface area contributed by atoms with E-state index in [1.807, 2.05) is 88.1 Å². The van der Waals surface area contributed by atoms with Gasteiger partial charge in [-0.2, -0.15) is 0 Å². The standard InChI is InChI=1S/C25H21N5O/c1-28(20-12-6-3-7-13-20)25(31)23-22-14-8-9-15-30(22)24(27-23)21-17-29(18-26-21)16-19-10-4-2-5-11-19/h2-15,17-18H,16H2,1H3. The highest BCUT2D eigenvalue weighted by atomic mass is 16.2. The van der Waals surface area contributed by atoms with E-state index in [1.54, 1.807) is 18.3 Å². The highest BCUT2D eigenvalue weighted by molar-refractivity contribution is 6.09. The van der Waals surface area contributed by atoms with Crippen molar-refractivity contribution < 1.29 is 4.79 Å². The first kappa shape index (κ1) is 18.8. The van der Waals surface area contributed by atoms with Crippen LogP contribution in [0.5, 0.6) is 0 Å². The minimum Gasteiger partial charge on any atom is -0.332 e. The Kier molecular flexibility index (Phi) is 4.80. The first-order valence-corrected chi connectivity index (χ1v) is 10.1. The van der Waals surface area contributed by atoms with Crippen molar-refractivity contribution in [3.63, 3.8) is 0 Å². The summed E-state index contributed by atoms with van der Waals surface area (Å²) in [7, 11) is 1.76. The molecule has 0 bridgehead atoms. The molecule has 0 aliphatic carbocycles. The SMILES string of the molecule is CN(C(=O)c1nc(-c2cn(Cc3ccccc3)cn2)n2ccccc12)c1ccccc1. The Labute approximate surface area is 180 Å². The van der Waals surface area contributed by atoms with Gasteiger partial charge in [0.15, 0.2) is 11.5 Å². The van der Waals surface area contributed by atoms with Crippen LogP contribution in [0.3, 0.4) is 0 Å². The quantitative estimate of drug-likeness (QED) is 0.430. The van der Waals surface area contributed by atoms with Gasteiger partial charge in [0.25, 0.3) is 5.91 Å². The van der Waals surface area contributed by atoms with Gasteiger partial charge in [0.05, 0.1) is 11.8 Å². The number of aromatic nitrogens is 4. The third-order valence-corrected chi connectivity index (χ3v) is 5.27. The van der Waals surface area contributed by atoms with Gasteiger partial charge in [-0.15, -0.1) is 0 Å². The first-order chi connectivity index (χ1) is 15.2. The van der Waals surface area contributed by atoms with E-state index in [4.69, 9.17) is 4.98 Å². The number of para-hydroxylation sites is 1. The number of carbonyl (C=O) groups excluding carboxylic acids is 1. The molecule has 0 aliphatic heterocycles. The van der Waals surface area contributed by atoms with E-state index >= 15 is 0 Å². The van der Waals surface area contributed by atoms with Crippen LogP contribution in [0.2, 0.25) is 0 Å². The fraction of sp³-hybridized carbons (Fsp3) is 0.0800. The molecule has 6 heteroatoms. The van der Waals surface area contributed by atoms with Gasteiger partial charge in [-0.05, 0) is 29.8 Å². The van der Waals surface area contributed by atoms with Crippen LogP contribution in [0.4, 0.5) is 5.69 Å². The summed E-state index contributed by atoms with van der Waals surface area (Å²) >= 11 is 0. The maximum Gasteiger partial charge on any atom is 0.278 e. The van der Waals surface area contributed by atoms with Crippen LogP contribution in [0.1, 0.15) is 16.1 Å². The van der Waals surface area contributed by atoms with Crippen LogP contribution in [0.15, 0.2) is 97.6 Å². The number of anilines is 1. The highest BCUT2D eigenvalue weighted by Gasteiger charge is 2.23. The topological polar surface area (TPSA) is 55.4 Å². The van der Waals surface area contributed by atoms with Gasteiger partial charge in [0.1, 0.15) is 5.69 Å². The molecule has 5 rings (SSSR count). The van der Waals surface area contributed by atoms with Gasteiger partial charge in [-0.1, -0.05) is 54.6 Å². The van der Waals surface area contributed by atoms with Gasteiger partial charge in [-0.25, -0.2) is 9.97 Å². The van der Waals surface area contributed by atoms with Gasteiger partial charge in [0, 0.05) is 31.7 Å². The van der Waals surface area contributed by atoms with Crippen molar-refractivity contribution in [2.24, 2.45) is 0 Å². The zero-order valence-corrected chi connectivity index (χ0v) is 17.1. The molecule has 3 heterocycles. The predicted octanol–water partition coefficient (Wildman–Crippen LogP) is 4.52. The molecule has 1 amide bonds.